The highest BCUT2D eigenvalue weighted by atomic mass is 16.2. The van der Waals surface area contributed by atoms with E-state index in [1.54, 1.807) is 15.6 Å². The minimum atomic E-state index is 0.0403. The highest BCUT2D eigenvalue weighted by Crippen LogP contribution is 2.14. The smallest absolute Gasteiger partial charge is 0.257 e. The average molecular weight is 272 g/mol. The van der Waals surface area contributed by atoms with Crippen LogP contribution in [0.25, 0.3) is 5.52 Å². The number of carbonyl (C=O) groups excluding carboxylic acids is 1. The summed E-state index contributed by atoms with van der Waals surface area (Å²) in [4.78, 5) is 14.3. The molecule has 20 heavy (non-hydrogen) atoms. The first kappa shape index (κ1) is 13.1. The van der Waals surface area contributed by atoms with Crippen molar-refractivity contribution in [1.82, 2.24) is 19.8 Å². The van der Waals surface area contributed by atoms with Crippen molar-refractivity contribution in [2.75, 3.05) is 20.1 Å². The van der Waals surface area contributed by atoms with Crippen molar-refractivity contribution in [2.24, 2.45) is 0 Å². The molecular formula is C15H20N4O. The molecule has 1 unspecified atom stereocenters. The fourth-order valence-electron chi connectivity index (χ4n) is 2.80. The van der Waals surface area contributed by atoms with Crippen LogP contribution in [0.15, 0.2) is 30.6 Å². The summed E-state index contributed by atoms with van der Waals surface area (Å²) in [6, 6.07) is 6.17. The predicted molar refractivity (Wildman–Crippen MR) is 77.8 cm³/mol. The van der Waals surface area contributed by atoms with Gasteiger partial charge in [0.1, 0.15) is 0 Å². The van der Waals surface area contributed by atoms with Crippen molar-refractivity contribution in [3.63, 3.8) is 0 Å². The van der Waals surface area contributed by atoms with Gasteiger partial charge in [0, 0.05) is 25.8 Å². The molecule has 1 atom stereocenters. The van der Waals surface area contributed by atoms with Gasteiger partial charge in [-0.3, -0.25) is 4.79 Å². The third-order valence-electron chi connectivity index (χ3n) is 3.91. The quantitative estimate of drug-likeness (QED) is 0.922. The second kappa shape index (κ2) is 5.63. The first-order valence-electron chi connectivity index (χ1n) is 7.17. The van der Waals surface area contributed by atoms with Gasteiger partial charge in [-0.15, -0.1) is 0 Å². The Hall–Kier alpha value is -1.88. The van der Waals surface area contributed by atoms with E-state index in [-0.39, 0.29) is 5.91 Å². The van der Waals surface area contributed by atoms with E-state index in [4.69, 9.17) is 0 Å². The third kappa shape index (κ3) is 2.54. The number of fused-ring (bicyclic) bond motifs is 1. The van der Waals surface area contributed by atoms with E-state index < -0.39 is 0 Å². The van der Waals surface area contributed by atoms with Crippen LogP contribution in [0.4, 0.5) is 0 Å². The fourth-order valence-corrected chi connectivity index (χ4v) is 2.80. The van der Waals surface area contributed by atoms with Crippen LogP contribution >= 0.6 is 0 Å². The topological polar surface area (TPSA) is 49.6 Å². The molecule has 1 aliphatic heterocycles. The zero-order valence-electron chi connectivity index (χ0n) is 11.7. The number of rotatable bonds is 3. The lowest BCUT2D eigenvalue weighted by Crippen LogP contribution is -2.44. The van der Waals surface area contributed by atoms with Gasteiger partial charge in [0.05, 0.1) is 17.3 Å². The summed E-state index contributed by atoms with van der Waals surface area (Å²) in [6.45, 7) is 1.81. The Morgan fingerprint density at radius 2 is 2.40 bits per heavy atom. The van der Waals surface area contributed by atoms with Crippen LogP contribution in [-0.4, -0.2) is 46.6 Å². The van der Waals surface area contributed by atoms with Crippen molar-refractivity contribution in [1.29, 1.82) is 0 Å². The Morgan fingerprint density at radius 3 is 3.20 bits per heavy atom. The molecule has 0 aromatic carbocycles. The molecule has 1 amide bonds. The highest BCUT2D eigenvalue weighted by Gasteiger charge is 2.20. The zero-order valence-corrected chi connectivity index (χ0v) is 11.7. The van der Waals surface area contributed by atoms with E-state index in [0.29, 0.717) is 11.6 Å². The average Bonchev–Trinajstić information content (AvgIpc) is 2.91. The maximum absolute atomic E-state index is 12.5. The Labute approximate surface area is 118 Å². The number of nitrogens with one attached hydrogen (secondary N) is 1. The van der Waals surface area contributed by atoms with Crippen molar-refractivity contribution in [3.05, 3.63) is 36.2 Å². The van der Waals surface area contributed by atoms with E-state index in [1.807, 2.05) is 31.4 Å². The first-order chi connectivity index (χ1) is 9.75. The lowest BCUT2D eigenvalue weighted by atomic mass is 10.0. The SMILES string of the molecule is CN(CC1CCCCN1)C(=O)c1cnn2ccccc12. The van der Waals surface area contributed by atoms with E-state index in [2.05, 4.69) is 10.4 Å². The number of likely N-dealkylation sites (N-methyl/N-ethyl adjacent to an activating group) is 1. The molecule has 3 heterocycles. The maximum atomic E-state index is 12.5. The van der Waals surface area contributed by atoms with Crippen LogP contribution < -0.4 is 5.32 Å². The number of carbonyl (C=O) groups is 1. The number of hydrogen-bond donors (Lipinski definition) is 1. The maximum Gasteiger partial charge on any atom is 0.257 e. The summed E-state index contributed by atoms with van der Waals surface area (Å²) in [5.74, 6) is 0.0403. The molecular weight excluding hydrogens is 252 g/mol. The number of pyridine rings is 1. The Morgan fingerprint density at radius 1 is 1.50 bits per heavy atom. The van der Waals surface area contributed by atoms with Gasteiger partial charge in [0.15, 0.2) is 0 Å². The van der Waals surface area contributed by atoms with E-state index in [0.717, 1.165) is 25.0 Å². The van der Waals surface area contributed by atoms with Gasteiger partial charge in [-0.05, 0) is 31.5 Å². The number of nitrogens with zero attached hydrogens (tertiary/aromatic N) is 3. The first-order valence-corrected chi connectivity index (χ1v) is 7.17. The van der Waals surface area contributed by atoms with Gasteiger partial charge in [-0.2, -0.15) is 5.10 Å². The molecule has 3 rings (SSSR count). The second-order valence-electron chi connectivity index (χ2n) is 5.42. The predicted octanol–water partition coefficient (Wildman–Crippen LogP) is 1.55. The van der Waals surface area contributed by atoms with E-state index in [9.17, 15) is 4.79 Å². The van der Waals surface area contributed by atoms with Gasteiger partial charge >= 0.3 is 0 Å². The number of piperidine rings is 1. The van der Waals surface area contributed by atoms with Crippen LogP contribution in [0.1, 0.15) is 29.6 Å². The van der Waals surface area contributed by atoms with Gasteiger partial charge in [-0.1, -0.05) is 12.5 Å². The van der Waals surface area contributed by atoms with Crippen LogP contribution in [-0.2, 0) is 0 Å². The highest BCUT2D eigenvalue weighted by molar-refractivity contribution is 6.00. The van der Waals surface area contributed by atoms with Crippen molar-refractivity contribution in [2.45, 2.75) is 25.3 Å². The molecule has 0 radical (unpaired) electrons. The number of aromatic nitrogens is 2. The standard InChI is InChI=1S/C15H20N4O/c1-18(11-12-6-2-4-8-16-12)15(20)13-10-17-19-9-5-3-7-14(13)19/h3,5,7,9-10,12,16H,2,4,6,8,11H2,1H3. The molecule has 0 aliphatic carbocycles. The fraction of sp³-hybridized carbons (Fsp3) is 0.467. The largest absolute Gasteiger partial charge is 0.340 e. The molecule has 0 saturated carbocycles. The molecule has 1 saturated heterocycles. The normalized spacial score (nSPS) is 19.1. The molecule has 2 aromatic heterocycles. The molecule has 0 bridgehead atoms. The van der Waals surface area contributed by atoms with Crippen LogP contribution in [0.3, 0.4) is 0 Å². The molecule has 1 fully saturated rings. The summed E-state index contributed by atoms with van der Waals surface area (Å²) in [6.07, 6.45) is 7.14. The monoisotopic (exact) mass is 272 g/mol. The molecule has 2 aromatic rings. The molecule has 5 heteroatoms. The van der Waals surface area contributed by atoms with E-state index >= 15 is 0 Å². The lowest BCUT2D eigenvalue weighted by molar-refractivity contribution is 0.0777. The summed E-state index contributed by atoms with van der Waals surface area (Å²) in [7, 11) is 1.87. The van der Waals surface area contributed by atoms with Gasteiger partial charge < -0.3 is 10.2 Å². The second-order valence-corrected chi connectivity index (χ2v) is 5.42. The Balaban J connectivity index is 1.74. The molecule has 5 nitrogen and oxygen atoms in total. The molecule has 1 N–H and O–H groups in total. The Bertz CT molecular complexity index is 601. The summed E-state index contributed by atoms with van der Waals surface area (Å²) >= 11 is 0. The van der Waals surface area contributed by atoms with Gasteiger partial charge in [-0.25, -0.2) is 4.52 Å². The minimum absolute atomic E-state index is 0.0403. The van der Waals surface area contributed by atoms with Gasteiger partial charge in [0.2, 0.25) is 0 Å². The summed E-state index contributed by atoms with van der Waals surface area (Å²) < 4.78 is 1.74. The zero-order chi connectivity index (χ0) is 13.9. The van der Waals surface area contributed by atoms with Crippen LogP contribution in [0.2, 0.25) is 0 Å². The van der Waals surface area contributed by atoms with Crippen LogP contribution in [0, 0.1) is 0 Å². The Kier molecular flexibility index (Phi) is 3.69. The third-order valence-corrected chi connectivity index (χ3v) is 3.91. The van der Waals surface area contributed by atoms with Crippen molar-refractivity contribution in [3.8, 4) is 0 Å². The number of amides is 1. The summed E-state index contributed by atoms with van der Waals surface area (Å²) in [5, 5.41) is 7.70. The number of hydrogen-bond acceptors (Lipinski definition) is 3. The molecule has 1 aliphatic rings. The minimum Gasteiger partial charge on any atom is -0.340 e. The van der Waals surface area contributed by atoms with Crippen LogP contribution in [0.5, 0.6) is 0 Å². The van der Waals surface area contributed by atoms with E-state index in [1.165, 1.54) is 12.8 Å². The van der Waals surface area contributed by atoms with Gasteiger partial charge in [0.25, 0.3) is 5.91 Å². The summed E-state index contributed by atoms with van der Waals surface area (Å²) in [5.41, 5.74) is 1.53. The molecule has 0 spiro atoms. The molecule has 106 valence electrons. The van der Waals surface area contributed by atoms with Crippen molar-refractivity contribution >= 4 is 11.4 Å². The lowest BCUT2D eigenvalue weighted by Gasteiger charge is -2.28. The van der Waals surface area contributed by atoms with Crippen molar-refractivity contribution < 1.29 is 4.79 Å².